The van der Waals surface area contributed by atoms with Gasteiger partial charge in [0.2, 0.25) is 11.8 Å². The normalized spacial score (nSPS) is 10.9. The standard InChI is InChI=1S/C24H29N5O2.HI/c1-3-25-24(26-15-21-18-31-23(28-21)20-13-9-6-10-14-20)27-16-22(30)29(4-2)17-19-11-7-5-8-12-19;/h5-14,18H,3-4,15-17H2,1-2H3,(H2,25,26,27);1H. The van der Waals surface area contributed by atoms with Crippen molar-refractivity contribution in [3.05, 3.63) is 78.2 Å². The molecule has 0 saturated heterocycles. The number of rotatable bonds is 9. The monoisotopic (exact) mass is 547 g/mol. The molecule has 1 amide bonds. The first-order valence-electron chi connectivity index (χ1n) is 10.5. The molecule has 0 atom stereocenters. The van der Waals surface area contributed by atoms with E-state index in [1.54, 1.807) is 6.26 Å². The van der Waals surface area contributed by atoms with Gasteiger partial charge in [-0.2, -0.15) is 0 Å². The molecule has 170 valence electrons. The van der Waals surface area contributed by atoms with E-state index in [0.29, 0.717) is 38.0 Å². The van der Waals surface area contributed by atoms with Crippen LogP contribution in [0.5, 0.6) is 0 Å². The number of aromatic nitrogens is 1. The molecule has 0 aliphatic carbocycles. The average Bonchev–Trinajstić information content (AvgIpc) is 3.29. The molecule has 0 saturated carbocycles. The van der Waals surface area contributed by atoms with Crippen molar-refractivity contribution in [2.45, 2.75) is 26.9 Å². The first-order chi connectivity index (χ1) is 15.2. The maximum atomic E-state index is 12.7. The number of oxazole rings is 1. The Bertz CT molecular complexity index is 976. The summed E-state index contributed by atoms with van der Waals surface area (Å²) in [4.78, 5) is 23.5. The number of benzene rings is 2. The van der Waals surface area contributed by atoms with Gasteiger partial charge in [-0.15, -0.1) is 24.0 Å². The predicted octanol–water partition coefficient (Wildman–Crippen LogP) is 4.06. The Balaban J connectivity index is 0.00000363. The lowest BCUT2D eigenvalue weighted by Gasteiger charge is -2.22. The van der Waals surface area contributed by atoms with Gasteiger partial charge in [-0.25, -0.2) is 9.98 Å². The highest BCUT2D eigenvalue weighted by atomic mass is 127. The lowest BCUT2D eigenvalue weighted by atomic mass is 10.2. The van der Waals surface area contributed by atoms with Gasteiger partial charge >= 0.3 is 0 Å². The molecule has 7 nitrogen and oxygen atoms in total. The van der Waals surface area contributed by atoms with E-state index in [1.807, 2.05) is 79.4 Å². The molecule has 0 unspecified atom stereocenters. The summed E-state index contributed by atoms with van der Waals surface area (Å²) in [5.41, 5.74) is 2.76. The molecule has 0 fully saturated rings. The second-order valence-corrected chi connectivity index (χ2v) is 6.95. The molecular formula is C24H30IN5O2. The molecule has 2 aromatic carbocycles. The minimum Gasteiger partial charge on any atom is -0.444 e. The molecular weight excluding hydrogens is 517 g/mol. The number of hydrogen-bond acceptors (Lipinski definition) is 4. The Kier molecular flexibility index (Phi) is 10.7. The largest absolute Gasteiger partial charge is 0.444 e. The van der Waals surface area contributed by atoms with Crippen LogP contribution in [0.1, 0.15) is 25.1 Å². The van der Waals surface area contributed by atoms with Crippen molar-refractivity contribution in [2.24, 2.45) is 4.99 Å². The number of amides is 1. The van der Waals surface area contributed by atoms with Gasteiger partial charge in [0, 0.05) is 25.2 Å². The van der Waals surface area contributed by atoms with Crippen molar-refractivity contribution in [3.63, 3.8) is 0 Å². The number of likely N-dealkylation sites (N-methyl/N-ethyl adjacent to an activating group) is 1. The third kappa shape index (κ3) is 7.67. The number of carbonyl (C=O) groups is 1. The number of carbonyl (C=O) groups excluding carboxylic acids is 1. The smallest absolute Gasteiger partial charge is 0.242 e. The number of nitrogens with zero attached hydrogens (tertiary/aromatic N) is 3. The highest BCUT2D eigenvalue weighted by molar-refractivity contribution is 14.0. The summed E-state index contributed by atoms with van der Waals surface area (Å²) in [6.45, 7) is 6.40. The molecule has 1 aromatic heterocycles. The lowest BCUT2D eigenvalue weighted by molar-refractivity contribution is -0.130. The van der Waals surface area contributed by atoms with Crippen molar-refractivity contribution >= 4 is 35.8 Å². The van der Waals surface area contributed by atoms with Gasteiger partial charge in [-0.1, -0.05) is 48.5 Å². The maximum Gasteiger partial charge on any atom is 0.242 e. The summed E-state index contributed by atoms with van der Waals surface area (Å²) in [6.07, 6.45) is 1.61. The maximum absolute atomic E-state index is 12.7. The van der Waals surface area contributed by atoms with Gasteiger partial charge in [0.15, 0.2) is 5.96 Å². The van der Waals surface area contributed by atoms with Crippen molar-refractivity contribution in [1.82, 2.24) is 20.5 Å². The first-order valence-corrected chi connectivity index (χ1v) is 10.5. The molecule has 0 aliphatic rings. The Morgan fingerprint density at radius 2 is 1.72 bits per heavy atom. The predicted molar refractivity (Wildman–Crippen MR) is 138 cm³/mol. The highest BCUT2D eigenvalue weighted by Gasteiger charge is 2.13. The summed E-state index contributed by atoms with van der Waals surface area (Å²) < 4.78 is 5.56. The number of nitrogens with one attached hydrogen (secondary N) is 2. The number of guanidine groups is 1. The van der Waals surface area contributed by atoms with E-state index in [1.165, 1.54) is 0 Å². The van der Waals surface area contributed by atoms with Crippen LogP contribution < -0.4 is 10.6 Å². The fourth-order valence-corrected chi connectivity index (χ4v) is 3.05. The lowest BCUT2D eigenvalue weighted by Crippen LogP contribution is -2.44. The summed E-state index contributed by atoms with van der Waals surface area (Å²) in [5.74, 6) is 1.15. The molecule has 8 heteroatoms. The van der Waals surface area contributed by atoms with Crippen molar-refractivity contribution < 1.29 is 9.21 Å². The van der Waals surface area contributed by atoms with Crippen molar-refractivity contribution in [2.75, 3.05) is 19.6 Å². The Morgan fingerprint density at radius 3 is 2.38 bits per heavy atom. The molecule has 0 bridgehead atoms. The van der Waals surface area contributed by atoms with E-state index in [-0.39, 0.29) is 36.4 Å². The Hall–Kier alpha value is -2.88. The van der Waals surface area contributed by atoms with Crippen LogP contribution in [0.15, 0.2) is 76.3 Å². The third-order valence-electron chi connectivity index (χ3n) is 4.67. The molecule has 1 heterocycles. The zero-order valence-electron chi connectivity index (χ0n) is 18.5. The zero-order valence-corrected chi connectivity index (χ0v) is 20.8. The molecule has 3 rings (SSSR count). The second-order valence-electron chi connectivity index (χ2n) is 6.95. The van der Waals surface area contributed by atoms with Gasteiger partial charge in [-0.3, -0.25) is 4.79 Å². The van der Waals surface area contributed by atoms with Crippen LogP contribution in [-0.4, -0.2) is 41.4 Å². The van der Waals surface area contributed by atoms with Crippen LogP contribution >= 0.6 is 24.0 Å². The summed E-state index contributed by atoms with van der Waals surface area (Å²) in [7, 11) is 0. The summed E-state index contributed by atoms with van der Waals surface area (Å²) in [6, 6.07) is 19.7. The van der Waals surface area contributed by atoms with Crippen LogP contribution in [-0.2, 0) is 17.9 Å². The summed E-state index contributed by atoms with van der Waals surface area (Å²) in [5, 5.41) is 6.28. The van der Waals surface area contributed by atoms with Gasteiger partial charge in [0.25, 0.3) is 0 Å². The number of hydrogen-bond donors (Lipinski definition) is 2. The van der Waals surface area contributed by atoms with Gasteiger partial charge in [0.05, 0.1) is 13.1 Å². The Morgan fingerprint density at radius 1 is 1.03 bits per heavy atom. The van der Waals surface area contributed by atoms with Crippen LogP contribution in [0.4, 0.5) is 0 Å². The number of halogens is 1. The van der Waals surface area contributed by atoms with E-state index in [2.05, 4.69) is 20.6 Å². The summed E-state index contributed by atoms with van der Waals surface area (Å²) >= 11 is 0. The van der Waals surface area contributed by atoms with E-state index < -0.39 is 0 Å². The third-order valence-corrected chi connectivity index (χ3v) is 4.67. The fourth-order valence-electron chi connectivity index (χ4n) is 3.05. The van der Waals surface area contributed by atoms with Crippen LogP contribution in [0.25, 0.3) is 11.5 Å². The van der Waals surface area contributed by atoms with Crippen molar-refractivity contribution in [1.29, 1.82) is 0 Å². The SMILES string of the molecule is CCNC(=NCc1coc(-c2ccccc2)n1)NCC(=O)N(CC)Cc1ccccc1.I. The first kappa shape index (κ1) is 25.4. The minimum atomic E-state index is 0. The van der Waals surface area contributed by atoms with Gasteiger partial charge < -0.3 is 20.0 Å². The van der Waals surface area contributed by atoms with E-state index in [0.717, 1.165) is 16.8 Å². The Labute approximate surface area is 206 Å². The van der Waals surface area contributed by atoms with E-state index in [9.17, 15) is 4.79 Å². The van der Waals surface area contributed by atoms with Gasteiger partial charge in [0.1, 0.15) is 12.0 Å². The number of aliphatic imine (C=N–C) groups is 1. The fraction of sp³-hybridized carbons (Fsp3) is 0.292. The van der Waals surface area contributed by atoms with Crippen LogP contribution in [0.2, 0.25) is 0 Å². The molecule has 0 spiro atoms. The second kappa shape index (κ2) is 13.5. The molecule has 2 N–H and O–H groups in total. The molecule has 0 aliphatic heterocycles. The molecule has 3 aromatic rings. The highest BCUT2D eigenvalue weighted by Crippen LogP contribution is 2.18. The van der Waals surface area contributed by atoms with Crippen molar-refractivity contribution in [3.8, 4) is 11.5 Å². The molecule has 32 heavy (non-hydrogen) atoms. The average molecular weight is 547 g/mol. The zero-order chi connectivity index (χ0) is 21.9. The van der Waals surface area contributed by atoms with E-state index in [4.69, 9.17) is 4.42 Å². The van der Waals surface area contributed by atoms with Crippen LogP contribution in [0, 0.1) is 0 Å². The van der Waals surface area contributed by atoms with Crippen LogP contribution in [0.3, 0.4) is 0 Å². The topological polar surface area (TPSA) is 82.8 Å². The van der Waals surface area contributed by atoms with Gasteiger partial charge in [-0.05, 0) is 31.5 Å². The quantitative estimate of drug-likeness (QED) is 0.240. The van der Waals surface area contributed by atoms with E-state index >= 15 is 0 Å². The molecule has 0 radical (unpaired) electrons. The minimum absolute atomic E-state index is 0.